The Labute approximate surface area is 147 Å². The van der Waals surface area contributed by atoms with Gasteiger partial charge in [0.05, 0.1) is 0 Å². The van der Waals surface area contributed by atoms with Crippen molar-refractivity contribution in [1.82, 2.24) is 4.90 Å². The number of aliphatic hydroxyl groups is 1. The van der Waals surface area contributed by atoms with Crippen molar-refractivity contribution in [3.05, 3.63) is 35.4 Å². The molecule has 0 aromatic heterocycles. The number of likely N-dealkylation sites (N-methyl/N-ethyl adjacent to an activating group) is 1. The van der Waals surface area contributed by atoms with Crippen LogP contribution in [0.3, 0.4) is 0 Å². The first-order valence-corrected chi connectivity index (χ1v) is 8.98. The quantitative estimate of drug-likeness (QED) is 0.480. The fraction of sp³-hybridized carbons (Fsp3) is 0.550. The van der Waals surface area contributed by atoms with Gasteiger partial charge in [-0.1, -0.05) is 18.2 Å². The third-order valence-corrected chi connectivity index (χ3v) is 6.69. The predicted octanol–water partition coefficient (Wildman–Crippen LogP) is 1.81. The number of carbonyl (C=O) groups excluding carboxylic acids is 1. The lowest BCUT2D eigenvalue weighted by Gasteiger charge is -2.58. The Morgan fingerprint density at radius 1 is 1.44 bits per heavy atom. The van der Waals surface area contributed by atoms with Crippen LogP contribution in [0.1, 0.15) is 31.4 Å². The van der Waals surface area contributed by atoms with Gasteiger partial charge in [0.15, 0.2) is 11.5 Å². The number of esters is 1. The number of nitrogens with zero attached hydrogens (tertiary/aromatic N) is 1. The maximum absolute atomic E-state index is 11.5. The van der Waals surface area contributed by atoms with Gasteiger partial charge >= 0.3 is 5.97 Å². The molecule has 0 radical (unpaired) electrons. The molecular weight excluding hydrogens is 318 g/mol. The molecule has 2 heterocycles. The van der Waals surface area contributed by atoms with E-state index < -0.39 is 5.60 Å². The van der Waals surface area contributed by atoms with E-state index in [1.807, 2.05) is 19.1 Å². The zero-order valence-corrected chi connectivity index (χ0v) is 14.8. The molecule has 1 saturated heterocycles. The Morgan fingerprint density at radius 2 is 2.24 bits per heavy atom. The van der Waals surface area contributed by atoms with Crippen LogP contribution >= 0.6 is 0 Å². The van der Waals surface area contributed by atoms with Crippen LogP contribution in [-0.4, -0.2) is 47.3 Å². The summed E-state index contributed by atoms with van der Waals surface area (Å²) in [7, 11) is 2.18. The Bertz CT molecular complexity index is 814. The summed E-state index contributed by atoms with van der Waals surface area (Å²) in [5.74, 6) is 1.08. The number of carbonyl (C=O) groups is 1. The van der Waals surface area contributed by atoms with Gasteiger partial charge < -0.3 is 19.5 Å². The van der Waals surface area contributed by atoms with Crippen molar-refractivity contribution in [1.29, 1.82) is 0 Å². The van der Waals surface area contributed by atoms with Gasteiger partial charge in [-0.05, 0) is 45.0 Å². The van der Waals surface area contributed by atoms with E-state index in [9.17, 15) is 9.90 Å². The van der Waals surface area contributed by atoms with Crippen LogP contribution in [-0.2, 0) is 16.6 Å². The highest BCUT2D eigenvalue weighted by Crippen LogP contribution is 2.63. The van der Waals surface area contributed by atoms with Crippen molar-refractivity contribution in [2.24, 2.45) is 5.92 Å². The normalized spacial score (nSPS) is 40.4. The van der Waals surface area contributed by atoms with Crippen molar-refractivity contribution in [3.8, 4) is 11.5 Å². The molecule has 0 saturated carbocycles. The summed E-state index contributed by atoms with van der Waals surface area (Å²) in [6.45, 7) is 4.19. The molecule has 4 aliphatic rings. The largest absolute Gasteiger partial charge is 0.482 e. The Kier molecular flexibility index (Phi) is 2.87. The van der Waals surface area contributed by atoms with Crippen molar-refractivity contribution in [3.63, 3.8) is 0 Å². The van der Waals surface area contributed by atoms with E-state index in [0.29, 0.717) is 23.5 Å². The molecule has 0 amide bonds. The van der Waals surface area contributed by atoms with Crippen molar-refractivity contribution in [2.45, 2.75) is 49.9 Å². The Hall–Kier alpha value is -1.85. The molecule has 25 heavy (non-hydrogen) atoms. The summed E-state index contributed by atoms with van der Waals surface area (Å²) in [5, 5.41) is 11.1. The molecule has 1 aromatic rings. The summed E-state index contributed by atoms with van der Waals surface area (Å²) < 4.78 is 11.8. The third kappa shape index (κ3) is 1.78. The minimum atomic E-state index is -1.04. The second kappa shape index (κ2) is 4.65. The van der Waals surface area contributed by atoms with E-state index in [1.165, 1.54) is 12.5 Å². The second-order valence-corrected chi connectivity index (χ2v) is 8.17. The number of benzene rings is 1. The lowest BCUT2D eigenvalue weighted by molar-refractivity contribution is -0.132. The molecule has 5 rings (SSSR count). The van der Waals surface area contributed by atoms with Crippen LogP contribution in [0.2, 0.25) is 0 Å². The lowest BCUT2D eigenvalue weighted by Crippen LogP contribution is -2.67. The number of hydrogen-bond donors (Lipinski definition) is 1. The van der Waals surface area contributed by atoms with Gasteiger partial charge in [0.25, 0.3) is 0 Å². The number of hydrogen-bond acceptors (Lipinski definition) is 5. The Morgan fingerprint density at radius 3 is 3.00 bits per heavy atom. The maximum Gasteiger partial charge on any atom is 0.308 e. The zero-order chi connectivity index (χ0) is 17.6. The monoisotopic (exact) mass is 341 g/mol. The van der Waals surface area contributed by atoms with Gasteiger partial charge in [0, 0.05) is 29.9 Å². The molecule has 5 heteroatoms. The van der Waals surface area contributed by atoms with Crippen LogP contribution in [0.25, 0.3) is 0 Å². The van der Waals surface area contributed by atoms with Gasteiger partial charge in [-0.25, -0.2) is 0 Å². The van der Waals surface area contributed by atoms with Crippen molar-refractivity contribution >= 4 is 5.97 Å². The van der Waals surface area contributed by atoms with Crippen molar-refractivity contribution < 1.29 is 19.4 Å². The summed E-state index contributed by atoms with van der Waals surface area (Å²) in [6.07, 6.45) is 5.62. The molecule has 1 fully saturated rings. The molecule has 1 N–H and O–H groups in total. The molecule has 132 valence electrons. The van der Waals surface area contributed by atoms with Crippen LogP contribution in [0.15, 0.2) is 24.3 Å². The van der Waals surface area contributed by atoms with Gasteiger partial charge in [-0.3, -0.25) is 4.79 Å². The van der Waals surface area contributed by atoms with Crippen molar-refractivity contribution in [2.75, 3.05) is 13.6 Å². The molecular formula is C20H23NO4. The minimum Gasteiger partial charge on any atom is -0.482 e. The van der Waals surface area contributed by atoms with Crippen LogP contribution in [0, 0.1) is 5.92 Å². The van der Waals surface area contributed by atoms with Crippen LogP contribution < -0.4 is 9.47 Å². The number of likely N-dealkylation sites (tertiary alicyclic amines) is 1. The van der Waals surface area contributed by atoms with E-state index in [2.05, 4.69) is 24.1 Å². The molecule has 1 aromatic carbocycles. The molecule has 2 bridgehead atoms. The third-order valence-electron chi connectivity index (χ3n) is 6.69. The highest BCUT2D eigenvalue weighted by molar-refractivity contribution is 5.72. The first-order valence-electron chi connectivity index (χ1n) is 8.98. The van der Waals surface area contributed by atoms with E-state index in [-0.39, 0.29) is 17.5 Å². The Balaban J connectivity index is 1.78. The average Bonchev–Trinajstić information content (AvgIpc) is 2.90. The first kappa shape index (κ1) is 15.4. The second-order valence-electron chi connectivity index (χ2n) is 8.17. The highest BCUT2D eigenvalue weighted by Gasteiger charge is 2.66. The van der Waals surface area contributed by atoms with Crippen LogP contribution in [0.4, 0.5) is 0 Å². The first-order chi connectivity index (χ1) is 11.8. The fourth-order valence-electron chi connectivity index (χ4n) is 5.73. The van der Waals surface area contributed by atoms with Gasteiger partial charge in [0.2, 0.25) is 0 Å². The predicted molar refractivity (Wildman–Crippen MR) is 91.8 cm³/mol. The molecule has 2 aliphatic carbocycles. The zero-order valence-electron chi connectivity index (χ0n) is 14.8. The number of piperidine rings is 1. The summed E-state index contributed by atoms with van der Waals surface area (Å²) in [5.41, 5.74) is 1.13. The molecule has 5 nitrogen and oxygen atoms in total. The van der Waals surface area contributed by atoms with Gasteiger partial charge in [-0.2, -0.15) is 0 Å². The number of rotatable bonds is 1. The fourth-order valence-corrected chi connectivity index (χ4v) is 5.73. The maximum atomic E-state index is 11.5. The molecule has 5 atom stereocenters. The molecule has 1 spiro atoms. The summed E-state index contributed by atoms with van der Waals surface area (Å²) in [6, 6.07) is 4.31. The lowest BCUT2D eigenvalue weighted by atomic mass is 9.51. The summed E-state index contributed by atoms with van der Waals surface area (Å²) >= 11 is 0. The minimum absolute atomic E-state index is 0.242. The van der Waals surface area contributed by atoms with E-state index in [1.54, 1.807) is 0 Å². The number of ether oxygens (including phenoxy) is 2. The topological polar surface area (TPSA) is 59.0 Å². The smallest absolute Gasteiger partial charge is 0.308 e. The summed E-state index contributed by atoms with van der Waals surface area (Å²) in [4.78, 5) is 14.0. The highest BCUT2D eigenvalue weighted by atomic mass is 16.6. The van der Waals surface area contributed by atoms with Gasteiger partial charge in [0.1, 0.15) is 11.7 Å². The molecule has 0 unspecified atom stereocenters. The average molecular weight is 341 g/mol. The van der Waals surface area contributed by atoms with E-state index in [4.69, 9.17) is 9.47 Å². The van der Waals surface area contributed by atoms with Crippen LogP contribution in [0.5, 0.6) is 11.5 Å². The van der Waals surface area contributed by atoms with E-state index >= 15 is 0 Å². The SMILES string of the molecule is CC(=O)Oc1ccc2c3c1O[C@@H]1[C@]34CCN(C)[C@H](C2)[C@@H]4C=C[C@]1(C)O. The standard InChI is InChI=1S/C20H23NO4/c1-11(22)24-15-5-4-12-10-14-13-6-7-19(2,23)18-20(13,8-9-21(14)3)16(12)17(15)25-18/h4-7,13-14,18,23H,8-10H2,1-3H3/t13-,14+,18-,19-,20-/m0/s1. The molecule has 2 aliphatic heterocycles. The van der Waals surface area contributed by atoms with E-state index in [0.717, 1.165) is 24.9 Å². The van der Waals surface area contributed by atoms with Gasteiger partial charge in [-0.15, -0.1) is 0 Å².